The molecule has 3 N–H and O–H groups in total. The summed E-state index contributed by atoms with van der Waals surface area (Å²) in [6, 6.07) is 7.48. The Morgan fingerprint density at radius 3 is 2.89 bits per heavy atom. The van der Waals surface area contributed by atoms with Gasteiger partial charge in [0.05, 0.1) is 16.9 Å². The van der Waals surface area contributed by atoms with Gasteiger partial charge in [-0.15, -0.1) is 0 Å². The fourth-order valence-electron chi connectivity index (χ4n) is 1.39. The molecule has 0 fully saturated rings. The number of nitrogens with one attached hydrogen (secondary N) is 1. The molecule has 18 heavy (non-hydrogen) atoms. The second-order valence-corrected chi connectivity index (χ2v) is 3.92. The highest BCUT2D eigenvalue weighted by molar-refractivity contribution is 6.30. The van der Waals surface area contributed by atoms with Crippen molar-refractivity contribution in [2.75, 3.05) is 11.1 Å². The van der Waals surface area contributed by atoms with Gasteiger partial charge in [-0.3, -0.25) is 0 Å². The Morgan fingerprint density at radius 1 is 1.39 bits per heavy atom. The molecule has 2 rings (SSSR count). The fourth-order valence-corrected chi connectivity index (χ4v) is 1.56. The van der Waals surface area contributed by atoms with Gasteiger partial charge in [0.15, 0.2) is 5.82 Å². The zero-order valence-corrected chi connectivity index (χ0v) is 9.87. The lowest BCUT2D eigenvalue weighted by molar-refractivity contribution is 0.632. The minimum Gasteiger partial charge on any atom is -0.395 e. The van der Waals surface area contributed by atoms with Crippen LogP contribution < -0.4 is 11.1 Å². The van der Waals surface area contributed by atoms with Gasteiger partial charge in [0, 0.05) is 11.2 Å². The lowest BCUT2D eigenvalue weighted by Gasteiger charge is -2.10. The molecule has 0 aliphatic carbocycles. The number of hydrogen-bond donors (Lipinski definition) is 2. The molecule has 0 bridgehead atoms. The van der Waals surface area contributed by atoms with Crippen molar-refractivity contribution >= 4 is 28.8 Å². The smallest absolute Gasteiger partial charge is 0.155 e. The number of hydrogen-bond acceptors (Lipinski definition) is 4. The second-order valence-electron chi connectivity index (χ2n) is 3.48. The molecule has 90 valence electrons. The van der Waals surface area contributed by atoms with Gasteiger partial charge in [-0.25, -0.2) is 9.37 Å². The Kier molecular flexibility index (Phi) is 3.31. The van der Waals surface area contributed by atoms with E-state index in [4.69, 9.17) is 22.6 Å². The van der Waals surface area contributed by atoms with E-state index < -0.39 is 5.82 Å². The summed E-state index contributed by atoms with van der Waals surface area (Å²) in [4.78, 5) is 3.96. The molecule has 0 atom stereocenters. The maximum atomic E-state index is 13.5. The van der Waals surface area contributed by atoms with Crippen molar-refractivity contribution < 1.29 is 4.39 Å². The van der Waals surface area contributed by atoms with Gasteiger partial charge >= 0.3 is 0 Å². The molecule has 0 radical (unpaired) electrons. The van der Waals surface area contributed by atoms with Gasteiger partial charge in [-0.1, -0.05) is 11.6 Å². The second kappa shape index (κ2) is 4.90. The largest absolute Gasteiger partial charge is 0.395 e. The molecule has 2 aromatic rings. The van der Waals surface area contributed by atoms with Gasteiger partial charge in [0.1, 0.15) is 11.9 Å². The first-order valence-electron chi connectivity index (χ1n) is 4.98. The van der Waals surface area contributed by atoms with E-state index in [-0.39, 0.29) is 22.8 Å². The minimum absolute atomic E-state index is 0.150. The molecule has 1 aromatic carbocycles. The van der Waals surface area contributed by atoms with Crippen LogP contribution >= 0.6 is 11.6 Å². The number of nitriles is 1. The predicted molar refractivity (Wildman–Crippen MR) is 68.1 cm³/mol. The average molecular weight is 263 g/mol. The van der Waals surface area contributed by atoms with Crippen LogP contribution in [-0.4, -0.2) is 4.98 Å². The maximum absolute atomic E-state index is 13.5. The maximum Gasteiger partial charge on any atom is 0.155 e. The Balaban J connectivity index is 2.41. The lowest BCUT2D eigenvalue weighted by Crippen LogP contribution is -2.02. The number of benzene rings is 1. The van der Waals surface area contributed by atoms with E-state index in [0.717, 1.165) is 0 Å². The van der Waals surface area contributed by atoms with Crippen molar-refractivity contribution in [3.63, 3.8) is 0 Å². The molecule has 0 saturated heterocycles. The van der Waals surface area contributed by atoms with Crippen LogP contribution in [0, 0.1) is 17.1 Å². The number of halogens is 2. The summed E-state index contributed by atoms with van der Waals surface area (Å²) in [7, 11) is 0. The molecule has 0 aliphatic rings. The molecule has 0 unspecified atom stereocenters. The topological polar surface area (TPSA) is 74.7 Å². The lowest BCUT2D eigenvalue weighted by atomic mass is 10.2. The highest BCUT2D eigenvalue weighted by atomic mass is 35.5. The van der Waals surface area contributed by atoms with Crippen molar-refractivity contribution in [1.82, 2.24) is 4.98 Å². The molecular formula is C12H8ClFN4. The first kappa shape index (κ1) is 12.1. The number of anilines is 3. The summed E-state index contributed by atoms with van der Waals surface area (Å²) < 4.78 is 13.5. The van der Waals surface area contributed by atoms with Gasteiger partial charge in [0.2, 0.25) is 0 Å². The van der Waals surface area contributed by atoms with Crippen LogP contribution in [0.2, 0.25) is 5.02 Å². The first-order chi connectivity index (χ1) is 8.61. The SMILES string of the molecule is N#Cc1ccnc(Nc2cc(Cl)ccc2F)c1N. The summed E-state index contributed by atoms with van der Waals surface area (Å²) >= 11 is 5.77. The Hall–Kier alpha value is -2.32. The van der Waals surface area contributed by atoms with Crippen molar-refractivity contribution in [3.8, 4) is 6.07 Å². The van der Waals surface area contributed by atoms with E-state index in [2.05, 4.69) is 10.3 Å². The number of nitrogen functional groups attached to an aromatic ring is 1. The molecule has 4 nitrogen and oxygen atoms in total. The molecule has 1 heterocycles. The Labute approximate surface area is 108 Å². The van der Waals surface area contributed by atoms with E-state index in [0.29, 0.717) is 5.02 Å². The van der Waals surface area contributed by atoms with Crippen LogP contribution in [0.1, 0.15) is 5.56 Å². The molecule has 6 heteroatoms. The third-order valence-electron chi connectivity index (χ3n) is 2.29. The molecule has 0 aliphatic heterocycles. The molecule has 0 amide bonds. The predicted octanol–water partition coefficient (Wildman–Crippen LogP) is 3.07. The highest BCUT2D eigenvalue weighted by Gasteiger charge is 2.09. The van der Waals surface area contributed by atoms with Crippen molar-refractivity contribution in [3.05, 3.63) is 46.9 Å². The van der Waals surface area contributed by atoms with Crippen LogP contribution in [0.4, 0.5) is 21.6 Å². The van der Waals surface area contributed by atoms with Crippen LogP contribution in [-0.2, 0) is 0 Å². The zero-order chi connectivity index (χ0) is 13.1. The van der Waals surface area contributed by atoms with Crippen LogP contribution in [0.15, 0.2) is 30.5 Å². The molecular weight excluding hydrogens is 255 g/mol. The summed E-state index contributed by atoms with van der Waals surface area (Å²) in [6.07, 6.45) is 1.42. The van der Waals surface area contributed by atoms with Crippen LogP contribution in [0.3, 0.4) is 0 Å². The Bertz CT molecular complexity index is 636. The normalized spacial score (nSPS) is 9.83. The average Bonchev–Trinajstić information content (AvgIpc) is 2.36. The quantitative estimate of drug-likeness (QED) is 0.872. The number of rotatable bonds is 2. The zero-order valence-electron chi connectivity index (χ0n) is 9.11. The van der Waals surface area contributed by atoms with Crippen molar-refractivity contribution in [2.45, 2.75) is 0 Å². The number of aromatic nitrogens is 1. The number of pyridine rings is 1. The van der Waals surface area contributed by atoms with Crippen LogP contribution in [0.25, 0.3) is 0 Å². The standard InChI is InChI=1S/C12H8ClFN4/c13-8-1-2-9(14)10(5-8)18-12-11(16)7(6-15)3-4-17-12/h1-5H,16H2,(H,17,18). The van der Waals surface area contributed by atoms with E-state index in [9.17, 15) is 4.39 Å². The molecule has 0 spiro atoms. The number of nitrogens with two attached hydrogens (primary N) is 1. The third-order valence-corrected chi connectivity index (χ3v) is 2.53. The van der Waals surface area contributed by atoms with Gasteiger partial charge in [0.25, 0.3) is 0 Å². The van der Waals surface area contributed by atoms with E-state index in [1.165, 1.54) is 30.5 Å². The van der Waals surface area contributed by atoms with E-state index in [1.807, 2.05) is 6.07 Å². The number of nitrogens with zero attached hydrogens (tertiary/aromatic N) is 2. The van der Waals surface area contributed by atoms with Gasteiger partial charge < -0.3 is 11.1 Å². The first-order valence-corrected chi connectivity index (χ1v) is 5.36. The summed E-state index contributed by atoms with van der Waals surface area (Å²) in [5.74, 6) is -0.266. The summed E-state index contributed by atoms with van der Waals surface area (Å²) in [6.45, 7) is 0. The minimum atomic E-state index is -0.483. The van der Waals surface area contributed by atoms with Crippen molar-refractivity contribution in [1.29, 1.82) is 5.26 Å². The molecule has 0 saturated carbocycles. The molecule has 1 aromatic heterocycles. The summed E-state index contributed by atoms with van der Waals surface area (Å²) in [5.41, 5.74) is 6.32. The van der Waals surface area contributed by atoms with Gasteiger partial charge in [-0.2, -0.15) is 5.26 Å². The van der Waals surface area contributed by atoms with Crippen molar-refractivity contribution in [2.24, 2.45) is 0 Å². The monoisotopic (exact) mass is 262 g/mol. The van der Waals surface area contributed by atoms with Crippen LogP contribution in [0.5, 0.6) is 0 Å². The van der Waals surface area contributed by atoms with Gasteiger partial charge in [-0.05, 0) is 24.3 Å². The fraction of sp³-hybridized carbons (Fsp3) is 0. The van der Waals surface area contributed by atoms with E-state index >= 15 is 0 Å². The van der Waals surface area contributed by atoms with E-state index in [1.54, 1.807) is 0 Å². The third kappa shape index (κ3) is 2.34. The summed E-state index contributed by atoms with van der Waals surface area (Å²) in [5, 5.41) is 11.9. The highest BCUT2D eigenvalue weighted by Crippen LogP contribution is 2.26. The Morgan fingerprint density at radius 2 is 2.17 bits per heavy atom.